The standard InChI is InChI=1S/C27H35N5O2/c1-18(2)19-5-7-22(8-6-19)27(33,26(3)16-32(4)17-26)23-13-21(14-29-15-23)25-30-24(31-34-25)20-9-11-28-12-10-20/h5-8,13-15,18,20,28,33H,9-12,16-17H2,1-4H3/t27-/m0/s1. The molecule has 7 nitrogen and oxygen atoms in total. The molecular formula is C27H35N5O2. The summed E-state index contributed by atoms with van der Waals surface area (Å²) < 4.78 is 5.65. The van der Waals surface area contributed by atoms with E-state index >= 15 is 0 Å². The summed E-state index contributed by atoms with van der Waals surface area (Å²) in [5, 5.41) is 20.1. The fourth-order valence-electron chi connectivity index (χ4n) is 5.70. The molecule has 5 rings (SSSR count). The first-order valence-electron chi connectivity index (χ1n) is 12.3. The molecule has 4 heterocycles. The van der Waals surface area contributed by atoms with Crippen molar-refractivity contribution in [1.29, 1.82) is 0 Å². The van der Waals surface area contributed by atoms with E-state index in [0.29, 0.717) is 17.7 Å². The first-order chi connectivity index (χ1) is 16.3. The van der Waals surface area contributed by atoms with Crippen LogP contribution in [0.15, 0.2) is 47.2 Å². The first-order valence-corrected chi connectivity index (χ1v) is 12.3. The van der Waals surface area contributed by atoms with E-state index < -0.39 is 5.60 Å². The predicted octanol–water partition coefficient (Wildman–Crippen LogP) is 3.91. The van der Waals surface area contributed by atoms with Gasteiger partial charge in [0.2, 0.25) is 0 Å². The Morgan fingerprint density at radius 2 is 1.82 bits per heavy atom. The van der Waals surface area contributed by atoms with Crippen LogP contribution < -0.4 is 5.32 Å². The highest BCUT2D eigenvalue weighted by atomic mass is 16.5. The number of pyridine rings is 1. The molecule has 34 heavy (non-hydrogen) atoms. The number of benzene rings is 1. The molecule has 0 saturated carbocycles. The van der Waals surface area contributed by atoms with Gasteiger partial charge in [-0.25, -0.2) is 0 Å². The van der Waals surface area contributed by atoms with Crippen molar-refractivity contribution in [2.75, 3.05) is 33.2 Å². The summed E-state index contributed by atoms with van der Waals surface area (Å²) >= 11 is 0. The Morgan fingerprint density at radius 3 is 2.47 bits per heavy atom. The van der Waals surface area contributed by atoms with Gasteiger partial charge in [0.25, 0.3) is 5.89 Å². The average Bonchev–Trinajstić information content (AvgIpc) is 3.34. The minimum atomic E-state index is -1.20. The van der Waals surface area contributed by atoms with Gasteiger partial charge >= 0.3 is 0 Å². The number of nitrogens with zero attached hydrogens (tertiary/aromatic N) is 4. The minimum absolute atomic E-state index is 0.315. The summed E-state index contributed by atoms with van der Waals surface area (Å²) in [6.07, 6.45) is 5.53. The number of aliphatic hydroxyl groups is 1. The lowest BCUT2D eigenvalue weighted by molar-refractivity contribution is -0.127. The van der Waals surface area contributed by atoms with Crippen LogP contribution in [0.5, 0.6) is 0 Å². The van der Waals surface area contributed by atoms with E-state index in [1.807, 2.05) is 6.07 Å². The largest absolute Gasteiger partial charge is 0.380 e. The van der Waals surface area contributed by atoms with Gasteiger partial charge in [0.15, 0.2) is 5.82 Å². The summed E-state index contributed by atoms with van der Waals surface area (Å²) in [5.74, 6) is 1.96. The molecule has 0 aliphatic carbocycles. The lowest BCUT2D eigenvalue weighted by Crippen LogP contribution is -2.63. The van der Waals surface area contributed by atoms with E-state index in [4.69, 9.17) is 9.51 Å². The van der Waals surface area contributed by atoms with Crippen LogP contribution in [0, 0.1) is 5.41 Å². The highest BCUT2D eigenvalue weighted by Gasteiger charge is 2.55. The maximum atomic E-state index is 12.4. The Morgan fingerprint density at radius 1 is 1.12 bits per heavy atom. The summed E-state index contributed by atoms with van der Waals surface area (Å²) in [6.45, 7) is 10.0. The van der Waals surface area contributed by atoms with Gasteiger partial charge in [-0.2, -0.15) is 4.98 Å². The second-order valence-electron chi connectivity index (χ2n) is 10.7. The average molecular weight is 462 g/mol. The Kier molecular flexibility index (Phi) is 6.04. The van der Waals surface area contributed by atoms with E-state index in [0.717, 1.165) is 61.5 Å². The van der Waals surface area contributed by atoms with Crippen LogP contribution in [0.3, 0.4) is 0 Å². The Bertz CT molecular complexity index is 1130. The van der Waals surface area contributed by atoms with Gasteiger partial charge in [-0.1, -0.05) is 50.2 Å². The Hall–Kier alpha value is -2.61. The van der Waals surface area contributed by atoms with Crippen LogP contribution >= 0.6 is 0 Å². The van der Waals surface area contributed by atoms with E-state index in [1.165, 1.54) is 5.56 Å². The van der Waals surface area contributed by atoms with Crippen LogP contribution in [0.4, 0.5) is 0 Å². The van der Waals surface area contributed by atoms with Crippen molar-refractivity contribution in [3.05, 3.63) is 65.2 Å². The molecule has 0 radical (unpaired) electrons. The van der Waals surface area contributed by atoms with E-state index in [-0.39, 0.29) is 5.41 Å². The molecular weight excluding hydrogens is 426 g/mol. The van der Waals surface area contributed by atoms with Crippen molar-refractivity contribution >= 4 is 0 Å². The zero-order valence-electron chi connectivity index (χ0n) is 20.6. The van der Waals surface area contributed by atoms with E-state index in [2.05, 4.69) is 72.4 Å². The van der Waals surface area contributed by atoms with Gasteiger partial charge in [-0.05, 0) is 56.1 Å². The van der Waals surface area contributed by atoms with E-state index in [9.17, 15) is 5.11 Å². The highest BCUT2D eigenvalue weighted by molar-refractivity contribution is 5.55. The molecule has 0 unspecified atom stereocenters. The molecule has 0 amide bonds. The topological polar surface area (TPSA) is 87.3 Å². The molecule has 7 heteroatoms. The highest BCUT2D eigenvalue weighted by Crippen LogP contribution is 2.50. The summed E-state index contributed by atoms with van der Waals surface area (Å²) in [5.41, 5.74) is 2.07. The molecule has 2 N–H and O–H groups in total. The summed E-state index contributed by atoms with van der Waals surface area (Å²) in [7, 11) is 2.08. The second-order valence-corrected chi connectivity index (χ2v) is 10.7. The third-order valence-electron chi connectivity index (χ3n) is 7.66. The van der Waals surface area contributed by atoms with Crippen LogP contribution in [-0.4, -0.2) is 58.4 Å². The van der Waals surface area contributed by atoms with Crippen molar-refractivity contribution < 1.29 is 9.63 Å². The number of hydrogen-bond donors (Lipinski definition) is 2. The second kappa shape index (κ2) is 8.87. The quantitative estimate of drug-likeness (QED) is 0.575. The number of rotatable bonds is 6. The molecule has 2 aliphatic rings. The van der Waals surface area contributed by atoms with Gasteiger partial charge in [-0.15, -0.1) is 0 Å². The number of likely N-dealkylation sites (tertiary alicyclic amines) is 1. The van der Waals surface area contributed by atoms with Crippen molar-refractivity contribution in [3.8, 4) is 11.5 Å². The molecule has 1 aromatic carbocycles. The lowest BCUT2D eigenvalue weighted by Gasteiger charge is -2.55. The Balaban J connectivity index is 1.53. The van der Waals surface area contributed by atoms with Crippen LogP contribution in [0.25, 0.3) is 11.5 Å². The first kappa shape index (κ1) is 23.1. The van der Waals surface area contributed by atoms with Crippen LogP contribution in [0.1, 0.15) is 68.0 Å². The monoisotopic (exact) mass is 461 g/mol. The molecule has 2 fully saturated rings. The van der Waals surface area contributed by atoms with Gasteiger partial charge in [0, 0.05) is 42.4 Å². The van der Waals surface area contributed by atoms with Crippen molar-refractivity contribution in [1.82, 2.24) is 25.3 Å². The molecule has 2 aliphatic heterocycles. The summed E-state index contributed by atoms with van der Waals surface area (Å²) in [4.78, 5) is 11.4. The van der Waals surface area contributed by atoms with Gasteiger partial charge in [-0.3, -0.25) is 4.98 Å². The molecule has 0 bridgehead atoms. The SMILES string of the molecule is CC(C)c1ccc([C@](O)(c2cncc(-c3nc(C4CCNCC4)no3)c2)C2(C)CN(C)C2)cc1. The third-order valence-corrected chi connectivity index (χ3v) is 7.66. The molecule has 3 aromatic rings. The molecule has 0 spiro atoms. The number of aromatic nitrogens is 3. The van der Waals surface area contributed by atoms with Crippen LogP contribution in [0.2, 0.25) is 0 Å². The fourth-order valence-corrected chi connectivity index (χ4v) is 5.70. The molecule has 2 saturated heterocycles. The van der Waals surface area contributed by atoms with E-state index in [1.54, 1.807) is 12.4 Å². The van der Waals surface area contributed by atoms with Crippen molar-refractivity contribution in [2.24, 2.45) is 5.41 Å². The number of piperidine rings is 1. The maximum Gasteiger partial charge on any atom is 0.259 e. The maximum absolute atomic E-state index is 12.4. The third kappa shape index (κ3) is 3.96. The minimum Gasteiger partial charge on any atom is -0.380 e. The fraction of sp³-hybridized carbons (Fsp3) is 0.519. The van der Waals surface area contributed by atoms with Gasteiger partial charge < -0.3 is 19.8 Å². The predicted molar refractivity (Wildman–Crippen MR) is 132 cm³/mol. The molecule has 1 atom stereocenters. The number of nitrogens with one attached hydrogen (secondary N) is 1. The van der Waals surface area contributed by atoms with Gasteiger partial charge in [0.1, 0.15) is 5.60 Å². The molecule has 180 valence electrons. The number of hydrogen-bond acceptors (Lipinski definition) is 7. The van der Waals surface area contributed by atoms with Crippen molar-refractivity contribution in [2.45, 2.75) is 51.0 Å². The van der Waals surface area contributed by atoms with Crippen molar-refractivity contribution in [3.63, 3.8) is 0 Å². The smallest absolute Gasteiger partial charge is 0.259 e. The van der Waals surface area contributed by atoms with Crippen LogP contribution in [-0.2, 0) is 5.60 Å². The zero-order valence-corrected chi connectivity index (χ0v) is 20.6. The van der Waals surface area contributed by atoms with Gasteiger partial charge in [0.05, 0.1) is 5.56 Å². The Labute approximate surface area is 201 Å². The zero-order chi connectivity index (χ0) is 23.9. The lowest BCUT2D eigenvalue weighted by atomic mass is 9.62. The molecule has 2 aromatic heterocycles. The normalized spacial score (nSPS) is 20.8. The summed E-state index contributed by atoms with van der Waals surface area (Å²) in [6, 6.07) is 10.3.